The first-order valence-corrected chi connectivity index (χ1v) is 9.98. The summed E-state index contributed by atoms with van der Waals surface area (Å²) in [5.74, 6) is 1.39. The third kappa shape index (κ3) is 6.03. The van der Waals surface area contributed by atoms with Gasteiger partial charge < -0.3 is 20.5 Å². The number of hydrogen-bond donors (Lipinski definition) is 2. The van der Waals surface area contributed by atoms with Crippen molar-refractivity contribution in [1.82, 2.24) is 4.90 Å². The summed E-state index contributed by atoms with van der Waals surface area (Å²) in [6, 6.07) is 15.6. The van der Waals surface area contributed by atoms with Crippen LogP contribution in [0, 0.1) is 5.92 Å². The predicted octanol–water partition coefficient (Wildman–Crippen LogP) is 4.14. The van der Waals surface area contributed by atoms with Gasteiger partial charge in [-0.3, -0.25) is 0 Å². The van der Waals surface area contributed by atoms with E-state index in [1.54, 1.807) is 13.8 Å². The standard InChI is InChI=1S/C23H31FN2O2/c1-23(2,24)16-26-13-11-17(12-14-26)15-28-21-9-7-19(8-10-21)18-3-5-20(6-4-18)22(25)27/h3-10,17,22,27H,11-16,25H2,1-2H3. The lowest BCUT2D eigenvalue weighted by Crippen LogP contribution is -2.41. The normalized spacial score (nSPS) is 17.5. The van der Waals surface area contributed by atoms with Crippen LogP contribution in [0.3, 0.4) is 0 Å². The van der Waals surface area contributed by atoms with E-state index in [0.717, 1.165) is 42.8 Å². The molecular formula is C23H31FN2O2. The molecular weight excluding hydrogens is 355 g/mol. The van der Waals surface area contributed by atoms with E-state index in [9.17, 15) is 9.50 Å². The fourth-order valence-corrected chi connectivity index (χ4v) is 3.67. The minimum Gasteiger partial charge on any atom is -0.493 e. The van der Waals surface area contributed by atoms with Crippen LogP contribution < -0.4 is 10.5 Å². The Morgan fingerprint density at radius 3 is 2.11 bits per heavy atom. The van der Waals surface area contributed by atoms with Crippen molar-refractivity contribution in [3.05, 3.63) is 54.1 Å². The van der Waals surface area contributed by atoms with Gasteiger partial charge >= 0.3 is 0 Å². The van der Waals surface area contributed by atoms with Gasteiger partial charge in [-0.25, -0.2) is 4.39 Å². The van der Waals surface area contributed by atoms with Gasteiger partial charge in [0.25, 0.3) is 0 Å². The Morgan fingerprint density at radius 2 is 1.61 bits per heavy atom. The number of piperidine rings is 1. The zero-order valence-electron chi connectivity index (χ0n) is 16.8. The molecule has 1 aliphatic heterocycles. The summed E-state index contributed by atoms with van der Waals surface area (Å²) in [4.78, 5) is 2.21. The molecule has 5 heteroatoms. The number of aliphatic hydroxyl groups excluding tert-OH is 1. The van der Waals surface area contributed by atoms with Crippen LogP contribution >= 0.6 is 0 Å². The zero-order chi connectivity index (χ0) is 20.1. The molecule has 4 nitrogen and oxygen atoms in total. The molecule has 0 radical (unpaired) electrons. The Kier molecular flexibility index (Phi) is 6.70. The van der Waals surface area contributed by atoms with Crippen LogP contribution in [0.2, 0.25) is 0 Å². The van der Waals surface area contributed by atoms with Crippen molar-refractivity contribution in [3.63, 3.8) is 0 Å². The quantitative estimate of drug-likeness (QED) is 0.702. The van der Waals surface area contributed by atoms with Crippen molar-refractivity contribution in [3.8, 4) is 16.9 Å². The van der Waals surface area contributed by atoms with Crippen LogP contribution in [0.4, 0.5) is 4.39 Å². The number of alkyl halides is 1. The van der Waals surface area contributed by atoms with Gasteiger partial charge in [0.1, 0.15) is 17.6 Å². The van der Waals surface area contributed by atoms with Gasteiger partial charge in [0.2, 0.25) is 0 Å². The first kappa shape index (κ1) is 20.8. The Balaban J connectivity index is 1.47. The molecule has 0 bridgehead atoms. The summed E-state index contributed by atoms with van der Waals surface area (Å²) in [5.41, 5.74) is 7.20. The number of rotatable bonds is 7. The molecule has 2 aromatic rings. The monoisotopic (exact) mass is 386 g/mol. The number of nitrogens with two attached hydrogens (primary N) is 1. The van der Waals surface area contributed by atoms with E-state index < -0.39 is 11.9 Å². The number of likely N-dealkylation sites (tertiary alicyclic amines) is 1. The van der Waals surface area contributed by atoms with Crippen molar-refractivity contribution < 1.29 is 14.2 Å². The topological polar surface area (TPSA) is 58.7 Å². The maximum Gasteiger partial charge on any atom is 0.128 e. The number of aliphatic hydroxyl groups is 1. The summed E-state index contributed by atoms with van der Waals surface area (Å²) in [6.45, 7) is 6.37. The molecule has 1 saturated heterocycles. The van der Waals surface area contributed by atoms with Gasteiger partial charge in [-0.2, -0.15) is 0 Å². The molecule has 3 N–H and O–H groups in total. The molecule has 0 aliphatic carbocycles. The number of benzene rings is 2. The Hall–Kier alpha value is -1.95. The molecule has 1 unspecified atom stereocenters. The van der Waals surface area contributed by atoms with Gasteiger partial charge in [-0.15, -0.1) is 0 Å². The first-order chi connectivity index (χ1) is 13.3. The van der Waals surface area contributed by atoms with E-state index in [1.165, 1.54) is 0 Å². The van der Waals surface area contributed by atoms with Gasteiger partial charge in [-0.1, -0.05) is 36.4 Å². The third-order valence-electron chi connectivity index (χ3n) is 5.23. The third-order valence-corrected chi connectivity index (χ3v) is 5.23. The van der Waals surface area contributed by atoms with Crippen molar-refractivity contribution in [1.29, 1.82) is 0 Å². The number of hydrogen-bond acceptors (Lipinski definition) is 4. The fourth-order valence-electron chi connectivity index (χ4n) is 3.67. The van der Waals surface area contributed by atoms with Gasteiger partial charge in [0, 0.05) is 6.54 Å². The molecule has 1 atom stereocenters. The highest BCUT2D eigenvalue weighted by Gasteiger charge is 2.25. The highest BCUT2D eigenvalue weighted by molar-refractivity contribution is 5.64. The lowest BCUT2D eigenvalue weighted by molar-refractivity contribution is 0.0836. The van der Waals surface area contributed by atoms with Crippen LogP contribution in [-0.4, -0.2) is 41.9 Å². The van der Waals surface area contributed by atoms with Crippen LogP contribution in [0.1, 0.15) is 38.5 Å². The van der Waals surface area contributed by atoms with E-state index in [4.69, 9.17) is 10.5 Å². The Morgan fingerprint density at radius 1 is 1.07 bits per heavy atom. The van der Waals surface area contributed by atoms with E-state index >= 15 is 0 Å². The minimum absolute atomic E-state index is 0.507. The SMILES string of the molecule is CC(C)(F)CN1CCC(COc2ccc(-c3ccc(C(N)O)cc3)cc2)CC1. The molecule has 0 aromatic heterocycles. The van der Waals surface area contributed by atoms with Crippen molar-refractivity contribution in [2.24, 2.45) is 11.7 Å². The Labute approximate surface area is 167 Å². The second-order valence-electron chi connectivity index (χ2n) is 8.34. The van der Waals surface area contributed by atoms with E-state index in [1.807, 2.05) is 48.5 Å². The van der Waals surface area contributed by atoms with Crippen LogP contribution in [0.15, 0.2) is 48.5 Å². The summed E-state index contributed by atoms with van der Waals surface area (Å²) in [7, 11) is 0. The summed E-state index contributed by atoms with van der Waals surface area (Å²) in [5, 5.41) is 9.39. The molecule has 1 heterocycles. The maximum atomic E-state index is 13.8. The molecule has 28 heavy (non-hydrogen) atoms. The van der Waals surface area contributed by atoms with Crippen molar-refractivity contribution in [2.75, 3.05) is 26.2 Å². The van der Waals surface area contributed by atoms with Crippen LogP contribution in [-0.2, 0) is 0 Å². The zero-order valence-corrected chi connectivity index (χ0v) is 16.8. The van der Waals surface area contributed by atoms with Crippen LogP contribution in [0.25, 0.3) is 11.1 Å². The Bertz CT molecular complexity index is 731. The van der Waals surface area contributed by atoms with E-state index in [0.29, 0.717) is 24.6 Å². The van der Waals surface area contributed by atoms with E-state index in [-0.39, 0.29) is 0 Å². The molecule has 1 fully saturated rings. The molecule has 3 rings (SSSR count). The fraction of sp³-hybridized carbons (Fsp3) is 0.478. The van der Waals surface area contributed by atoms with Gasteiger partial charge in [-0.05, 0) is 74.5 Å². The molecule has 1 aliphatic rings. The minimum atomic E-state index is -1.13. The number of ether oxygens (including phenoxy) is 1. The molecule has 0 spiro atoms. The summed E-state index contributed by atoms with van der Waals surface area (Å²) < 4.78 is 19.7. The smallest absolute Gasteiger partial charge is 0.128 e. The van der Waals surface area contributed by atoms with Crippen molar-refractivity contribution in [2.45, 2.75) is 38.6 Å². The van der Waals surface area contributed by atoms with Crippen molar-refractivity contribution >= 4 is 0 Å². The average Bonchev–Trinajstić information content (AvgIpc) is 2.67. The molecule has 2 aromatic carbocycles. The second kappa shape index (κ2) is 9.03. The average molecular weight is 387 g/mol. The lowest BCUT2D eigenvalue weighted by Gasteiger charge is -2.34. The lowest BCUT2D eigenvalue weighted by atomic mass is 9.97. The molecule has 0 saturated carbocycles. The highest BCUT2D eigenvalue weighted by atomic mass is 19.1. The summed E-state index contributed by atoms with van der Waals surface area (Å²) >= 11 is 0. The van der Waals surface area contributed by atoms with E-state index in [2.05, 4.69) is 4.90 Å². The van der Waals surface area contributed by atoms with Crippen LogP contribution in [0.5, 0.6) is 5.75 Å². The summed E-state index contributed by atoms with van der Waals surface area (Å²) in [6.07, 6.45) is 1.15. The first-order valence-electron chi connectivity index (χ1n) is 9.98. The maximum absolute atomic E-state index is 13.8. The predicted molar refractivity (Wildman–Crippen MR) is 111 cm³/mol. The second-order valence-corrected chi connectivity index (χ2v) is 8.34. The number of nitrogens with zero attached hydrogens (tertiary/aromatic N) is 1. The molecule has 0 amide bonds. The highest BCUT2D eigenvalue weighted by Crippen LogP contribution is 2.25. The van der Waals surface area contributed by atoms with Gasteiger partial charge in [0.05, 0.1) is 6.61 Å². The molecule has 152 valence electrons. The largest absolute Gasteiger partial charge is 0.493 e. The van der Waals surface area contributed by atoms with Gasteiger partial charge in [0.15, 0.2) is 0 Å². The number of halogens is 1.